The topological polar surface area (TPSA) is 28.2 Å². The second kappa shape index (κ2) is 5.24. The van der Waals surface area contributed by atoms with Gasteiger partial charge in [-0.05, 0) is 31.0 Å². The van der Waals surface area contributed by atoms with Gasteiger partial charge in [0.05, 0.1) is 0 Å². The highest BCUT2D eigenvalue weighted by Gasteiger charge is 2.14. The zero-order chi connectivity index (χ0) is 10.5. The molecule has 0 saturated carbocycles. The molecule has 1 fully saturated rings. The van der Waals surface area contributed by atoms with E-state index in [2.05, 4.69) is 34.3 Å². The number of hydrogen-bond acceptors (Lipinski definition) is 3. The van der Waals surface area contributed by atoms with Crippen molar-refractivity contribution in [3.05, 3.63) is 30.1 Å². The van der Waals surface area contributed by atoms with E-state index < -0.39 is 0 Å². The summed E-state index contributed by atoms with van der Waals surface area (Å²) >= 11 is 0. The molecule has 3 nitrogen and oxygen atoms in total. The van der Waals surface area contributed by atoms with Gasteiger partial charge in [0, 0.05) is 44.6 Å². The van der Waals surface area contributed by atoms with Crippen molar-refractivity contribution in [3.63, 3.8) is 0 Å². The van der Waals surface area contributed by atoms with Crippen LogP contribution in [0.5, 0.6) is 0 Å². The first kappa shape index (κ1) is 10.6. The second-order valence-electron chi connectivity index (χ2n) is 4.26. The molecule has 1 aliphatic heterocycles. The molecule has 0 radical (unpaired) electrons. The Morgan fingerprint density at radius 2 is 2.27 bits per heavy atom. The van der Waals surface area contributed by atoms with Gasteiger partial charge in [-0.1, -0.05) is 0 Å². The van der Waals surface area contributed by atoms with Crippen molar-refractivity contribution in [2.24, 2.45) is 0 Å². The predicted octanol–water partition coefficient (Wildman–Crippen LogP) is 0.918. The summed E-state index contributed by atoms with van der Waals surface area (Å²) in [4.78, 5) is 6.56. The van der Waals surface area contributed by atoms with Crippen molar-refractivity contribution in [1.82, 2.24) is 15.2 Å². The van der Waals surface area contributed by atoms with E-state index >= 15 is 0 Å². The van der Waals surface area contributed by atoms with Crippen LogP contribution in [-0.4, -0.2) is 42.1 Å². The molecule has 0 aromatic carbocycles. The van der Waals surface area contributed by atoms with E-state index in [1.807, 2.05) is 12.4 Å². The molecule has 0 unspecified atom stereocenters. The Morgan fingerprint density at radius 1 is 1.47 bits per heavy atom. The molecule has 0 amide bonds. The van der Waals surface area contributed by atoms with Crippen LogP contribution in [0.15, 0.2) is 24.5 Å². The summed E-state index contributed by atoms with van der Waals surface area (Å²) in [6, 6.07) is 4.84. The van der Waals surface area contributed by atoms with E-state index in [0.29, 0.717) is 6.04 Å². The standard InChI is InChI=1S/C12H19N3/c1-11-10-15(9-7-14-11)8-4-12-2-5-13-6-3-12/h2-3,5-6,11,14H,4,7-10H2,1H3/t11-/m0/s1. The maximum atomic E-state index is 4.03. The third kappa shape index (κ3) is 3.29. The first-order valence-corrected chi connectivity index (χ1v) is 5.69. The molecule has 15 heavy (non-hydrogen) atoms. The van der Waals surface area contributed by atoms with Crippen LogP contribution in [0.3, 0.4) is 0 Å². The Bertz CT molecular complexity index is 286. The van der Waals surface area contributed by atoms with Crippen LogP contribution in [0.2, 0.25) is 0 Å². The second-order valence-corrected chi connectivity index (χ2v) is 4.26. The van der Waals surface area contributed by atoms with Gasteiger partial charge in [-0.15, -0.1) is 0 Å². The van der Waals surface area contributed by atoms with Crippen LogP contribution >= 0.6 is 0 Å². The quantitative estimate of drug-likeness (QED) is 0.795. The lowest BCUT2D eigenvalue weighted by Crippen LogP contribution is -2.49. The summed E-state index contributed by atoms with van der Waals surface area (Å²) in [7, 11) is 0. The maximum absolute atomic E-state index is 4.03. The number of nitrogens with zero attached hydrogens (tertiary/aromatic N) is 2. The van der Waals surface area contributed by atoms with Crippen molar-refractivity contribution in [2.45, 2.75) is 19.4 Å². The number of nitrogens with one attached hydrogen (secondary N) is 1. The van der Waals surface area contributed by atoms with E-state index in [-0.39, 0.29) is 0 Å². The average Bonchev–Trinajstić information content (AvgIpc) is 2.28. The Kier molecular flexibility index (Phi) is 3.69. The summed E-state index contributed by atoms with van der Waals surface area (Å²) in [5, 5.41) is 3.46. The molecule has 2 rings (SSSR count). The van der Waals surface area contributed by atoms with Gasteiger partial charge < -0.3 is 10.2 Å². The molecule has 1 saturated heterocycles. The van der Waals surface area contributed by atoms with Crippen LogP contribution in [0.1, 0.15) is 12.5 Å². The average molecular weight is 205 g/mol. The molecule has 82 valence electrons. The minimum atomic E-state index is 0.635. The van der Waals surface area contributed by atoms with E-state index in [9.17, 15) is 0 Å². The van der Waals surface area contributed by atoms with Crippen LogP contribution in [-0.2, 0) is 6.42 Å². The number of hydrogen-bond donors (Lipinski definition) is 1. The van der Waals surface area contributed by atoms with E-state index in [1.54, 1.807) is 0 Å². The summed E-state index contributed by atoms with van der Waals surface area (Å²) in [6.45, 7) is 6.88. The summed E-state index contributed by atoms with van der Waals surface area (Å²) in [6.07, 6.45) is 4.88. The summed E-state index contributed by atoms with van der Waals surface area (Å²) in [5.41, 5.74) is 1.39. The number of piperazine rings is 1. The van der Waals surface area contributed by atoms with Crippen molar-refractivity contribution in [2.75, 3.05) is 26.2 Å². The Labute approximate surface area is 91.5 Å². The summed E-state index contributed by atoms with van der Waals surface area (Å²) in [5.74, 6) is 0. The number of pyridine rings is 1. The lowest BCUT2D eigenvalue weighted by atomic mass is 10.1. The van der Waals surface area contributed by atoms with E-state index in [0.717, 1.165) is 19.5 Å². The lowest BCUT2D eigenvalue weighted by Gasteiger charge is -2.31. The molecule has 0 aliphatic carbocycles. The van der Waals surface area contributed by atoms with Gasteiger partial charge in [-0.2, -0.15) is 0 Å². The Morgan fingerprint density at radius 3 is 3.00 bits per heavy atom. The Balaban J connectivity index is 1.78. The van der Waals surface area contributed by atoms with Gasteiger partial charge in [-0.3, -0.25) is 4.98 Å². The monoisotopic (exact) mass is 205 g/mol. The first-order chi connectivity index (χ1) is 7.34. The fraction of sp³-hybridized carbons (Fsp3) is 0.583. The minimum Gasteiger partial charge on any atom is -0.312 e. The maximum Gasteiger partial charge on any atom is 0.0270 e. The van der Waals surface area contributed by atoms with Crippen molar-refractivity contribution in [1.29, 1.82) is 0 Å². The molecule has 0 spiro atoms. The van der Waals surface area contributed by atoms with Crippen LogP contribution < -0.4 is 5.32 Å². The summed E-state index contributed by atoms with van der Waals surface area (Å²) < 4.78 is 0. The van der Waals surface area contributed by atoms with E-state index in [1.165, 1.54) is 18.7 Å². The molecule has 2 heterocycles. The predicted molar refractivity (Wildman–Crippen MR) is 61.8 cm³/mol. The largest absolute Gasteiger partial charge is 0.312 e. The number of rotatable bonds is 3. The van der Waals surface area contributed by atoms with Gasteiger partial charge in [0.25, 0.3) is 0 Å². The van der Waals surface area contributed by atoms with Gasteiger partial charge in [0.2, 0.25) is 0 Å². The van der Waals surface area contributed by atoms with Crippen molar-refractivity contribution in [3.8, 4) is 0 Å². The van der Waals surface area contributed by atoms with Crippen LogP contribution in [0.25, 0.3) is 0 Å². The minimum absolute atomic E-state index is 0.635. The van der Waals surface area contributed by atoms with Gasteiger partial charge in [0.15, 0.2) is 0 Å². The molecular weight excluding hydrogens is 186 g/mol. The fourth-order valence-corrected chi connectivity index (χ4v) is 2.05. The van der Waals surface area contributed by atoms with Crippen molar-refractivity contribution >= 4 is 0 Å². The molecule has 1 aromatic heterocycles. The molecule has 1 N–H and O–H groups in total. The van der Waals surface area contributed by atoms with E-state index in [4.69, 9.17) is 0 Å². The molecule has 1 aliphatic rings. The van der Waals surface area contributed by atoms with Crippen LogP contribution in [0.4, 0.5) is 0 Å². The lowest BCUT2D eigenvalue weighted by molar-refractivity contribution is 0.209. The zero-order valence-electron chi connectivity index (χ0n) is 9.32. The van der Waals surface area contributed by atoms with Crippen molar-refractivity contribution < 1.29 is 0 Å². The molecular formula is C12H19N3. The smallest absolute Gasteiger partial charge is 0.0270 e. The third-order valence-corrected chi connectivity index (χ3v) is 2.92. The zero-order valence-corrected chi connectivity index (χ0v) is 9.32. The fourth-order valence-electron chi connectivity index (χ4n) is 2.05. The molecule has 3 heteroatoms. The third-order valence-electron chi connectivity index (χ3n) is 2.92. The number of aromatic nitrogens is 1. The van der Waals surface area contributed by atoms with Crippen LogP contribution in [0, 0.1) is 0 Å². The first-order valence-electron chi connectivity index (χ1n) is 5.69. The SMILES string of the molecule is C[C@H]1CN(CCc2ccncc2)CCN1. The van der Waals surface area contributed by atoms with Gasteiger partial charge >= 0.3 is 0 Å². The molecule has 1 aromatic rings. The molecule has 0 bridgehead atoms. The Hall–Kier alpha value is -0.930. The highest BCUT2D eigenvalue weighted by atomic mass is 15.2. The normalized spacial score (nSPS) is 22.9. The highest BCUT2D eigenvalue weighted by Crippen LogP contribution is 2.03. The van der Waals surface area contributed by atoms with Gasteiger partial charge in [0.1, 0.15) is 0 Å². The molecule has 1 atom stereocenters. The highest BCUT2D eigenvalue weighted by molar-refractivity contribution is 5.09. The van der Waals surface area contributed by atoms with Gasteiger partial charge in [-0.25, -0.2) is 0 Å².